The summed E-state index contributed by atoms with van der Waals surface area (Å²) in [5, 5.41) is 4.14. The van der Waals surface area contributed by atoms with Gasteiger partial charge in [0.2, 0.25) is 0 Å². The highest BCUT2D eigenvalue weighted by Crippen LogP contribution is 2.42. The van der Waals surface area contributed by atoms with E-state index in [4.69, 9.17) is 17.0 Å². The molecule has 1 saturated heterocycles. The Balaban J connectivity index is 1.61. The van der Waals surface area contributed by atoms with Crippen molar-refractivity contribution < 1.29 is 9.53 Å². The fraction of sp³-hybridized carbons (Fsp3) is 0.115. The molecule has 1 aliphatic rings. The molecular formula is C26H22N4O2S. The SMILES string of the molecule is COC(=O)c1ccc(-n2cccc2[C@H]2[C@H](c3ccccn3)NC(=S)N2c2ccccc2)cc1. The number of methoxy groups -OCH3 is 1. The van der Waals surface area contributed by atoms with E-state index in [0.29, 0.717) is 10.7 Å². The number of para-hydroxylation sites is 1. The lowest BCUT2D eigenvalue weighted by Gasteiger charge is -2.29. The molecule has 2 aromatic heterocycles. The van der Waals surface area contributed by atoms with Crippen LogP contribution in [0.2, 0.25) is 0 Å². The Kier molecular flexibility index (Phi) is 5.62. The van der Waals surface area contributed by atoms with Gasteiger partial charge in [0.1, 0.15) is 6.04 Å². The molecule has 1 N–H and O–H groups in total. The van der Waals surface area contributed by atoms with Gasteiger partial charge in [0.15, 0.2) is 5.11 Å². The smallest absolute Gasteiger partial charge is 0.337 e. The van der Waals surface area contributed by atoms with Crippen molar-refractivity contribution in [3.63, 3.8) is 0 Å². The number of anilines is 1. The van der Waals surface area contributed by atoms with Crippen molar-refractivity contribution in [2.75, 3.05) is 12.0 Å². The lowest BCUT2D eigenvalue weighted by molar-refractivity contribution is 0.0600. The average molecular weight is 455 g/mol. The molecule has 1 fully saturated rings. The van der Waals surface area contributed by atoms with Gasteiger partial charge in [-0.15, -0.1) is 0 Å². The monoisotopic (exact) mass is 454 g/mol. The quantitative estimate of drug-likeness (QED) is 0.344. The second-order valence-corrected chi connectivity index (χ2v) is 8.06. The zero-order valence-electron chi connectivity index (χ0n) is 18.0. The molecular weight excluding hydrogens is 432 g/mol. The van der Waals surface area contributed by atoms with Gasteiger partial charge in [-0.3, -0.25) is 4.98 Å². The summed E-state index contributed by atoms with van der Waals surface area (Å²) in [5.74, 6) is -0.356. The number of thiocarbonyl (C=S) groups is 1. The molecule has 2 atom stereocenters. The molecule has 0 radical (unpaired) electrons. The van der Waals surface area contributed by atoms with Crippen molar-refractivity contribution in [2.45, 2.75) is 12.1 Å². The molecule has 164 valence electrons. The molecule has 0 spiro atoms. The van der Waals surface area contributed by atoms with Crippen molar-refractivity contribution in [1.82, 2.24) is 14.9 Å². The summed E-state index contributed by atoms with van der Waals surface area (Å²) in [6.45, 7) is 0. The lowest BCUT2D eigenvalue weighted by atomic mass is 10.0. The number of rotatable bonds is 5. The zero-order chi connectivity index (χ0) is 22.8. The Bertz CT molecular complexity index is 1270. The molecule has 2 aromatic carbocycles. The van der Waals surface area contributed by atoms with E-state index in [0.717, 1.165) is 22.8 Å². The van der Waals surface area contributed by atoms with Gasteiger partial charge >= 0.3 is 5.97 Å². The number of benzene rings is 2. The van der Waals surface area contributed by atoms with E-state index < -0.39 is 0 Å². The first-order chi connectivity index (χ1) is 16.2. The largest absolute Gasteiger partial charge is 0.465 e. The molecule has 0 amide bonds. The third-order valence-electron chi connectivity index (χ3n) is 5.78. The summed E-state index contributed by atoms with van der Waals surface area (Å²) in [4.78, 5) is 18.6. The summed E-state index contributed by atoms with van der Waals surface area (Å²) >= 11 is 5.80. The van der Waals surface area contributed by atoms with Gasteiger partial charge in [0.05, 0.1) is 24.4 Å². The summed E-state index contributed by atoms with van der Waals surface area (Å²) in [5.41, 5.74) is 4.42. The summed E-state index contributed by atoms with van der Waals surface area (Å²) in [6.07, 6.45) is 3.81. The van der Waals surface area contributed by atoms with Crippen molar-refractivity contribution in [3.8, 4) is 5.69 Å². The number of aromatic nitrogens is 2. The highest BCUT2D eigenvalue weighted by molar-refractivity contribution is 7.80. The molecule has 5 rings (SSSR count). The minimum absolute atomic E-state index is 0.134. The number of pyridine rings is 1. The van der Waals surface area contributed by atoms with Crippen molar-refractivity contribution in [1.29, 1.82) is 0 Å². The van der Waals surface area contributed by atoms with E-state index in [9.17, 15) is 4.79 Å². The van der Waals surface area contributed by atoms with E-state index in [1.165, 1.54) is 7.11 Å². The van der Waals surface area contributed by atoms with E-state index in [-0.39, 0.29) is 18.1 Å². The molecule has 0 aliphatic carbocycles. The van der Waals surface area contributed by atoms with Crippen molar-refractivity contribution in [3.05, 3.63) is 114 Å². The number of hydrogen-bond donors (Lipinski definition) is 1. The zero-order valence-corrected chi connectivity index (χ0v) is 18.8. The first-order valence-electron chi connectivity index (χ1n) is 10.6. The molecule has 1 aliphatic heterocycles. The third kappa shape index (κ3) is 3.87. The van der Waals surface area contributed by atoms with Crippen LogP contribution in [0.5, 0.6) is 0 Å². The van der Waals surface area contributed by atoms with Gasteiger partial charge in [0, 0.05) is 29.5 Å². The van der Waals surface area contributed by atoms with Gasteiger partial charge in [-0.05, 0) is 72.9 Å². The Morgan fingerprint density at radius 3 is 2.39 bits per heavy atom. The maximum atomic E-state index is 11.9. The van der Waals surface area contributed by atoms with Gasteiger partial charge in [0.25, 0.3) is 0 Å². The molecule has 3 heterocycles. The van der Waals surface area contributed by atoms with Crippen molar-refractivity contribution >= 4 is 29.0 Å². The van der Waals surface area contributed by atoms with Crippen LogP contribution in [0.15, 0.2) is 97.3 Å². The van der Waals surface area contributed by atoms with Crippen LogP contribution in [-0.2, 0) is 4.74 Å². The first kappa shape index (κ1) is 20.9. The fourth-order valence-electron chi connectivity index (χ4n) is 4.27. The van der Waals surface area contributed by atoms with Crippen LogP contribution in [0.4, 0.5) is 5.69 Å². The predicted octanol–water partition coefficient (Wildman–Crippen LogP) is 4.84. The van der Waals surface area contributed by atoms with E-state index in [1.807, 2.05) is 60.8 Å². The summed E-state index contributed by atoms with van der Waals surface area (Å²) in [7, 11) is 1.38. The lowest BCUT2D eigenvalue weighted by Crippen LogP contribution is -2.30. The number of nitrogens with one attached hydrogen (secondary N) is 1. The maximum absolute atomic E-state index is 11.9. The highest BCUT2D eigenvalue weighted by atomic mass is 32.1. The molecule has 7 heteroatoms. The average Bonchev–Trinajstić information content (AvgIpc) is 3.49. The van der Waals surface area contributed by atoms with Gasteiger partial charge in [-0.25, -0.2) is 4.79 Å². The number of hydrogen-bond acceptors (Lipinski definition) is 4. The number of nitrogens with zero attached hydrogens (tertiary/aromatic N) is 3. The molecule has 0 saturated carbocycles. The normalized spacial score (nSPS) is 17.6. The minimum atomic E-state index is -0.356. The van der Waals surface area contributed by atoms with Gasteiger partial charge in [-0.2, -0.15) is 0 Å². The van der Waals surface area contributed by atoms with E-state index >= 15 is 0 Å². The van der Waals surface area contributed by atoms with E-state index in [2.05, 4.69) is 38.0 Å². The van der Waals surface area contributed by atoms with Gasteiger partial charge < -0.3 is 19.5 Å². The number of ether oxygens (including phenoxy) is 1. The molecule has 0 bridgehead atoms. The Morgan fingerprint density at radius 2 is 1.70 bits per heavy atom. The Hall–Kier alpha value is -3.97. The second kappa shape index (κ2) is 8.88. The molecule has 0 unspecified atom stereocenters. The van der Waals surface area contributed by atoms with Crippen LogP contribution < -0.4 is 10.2 Å². The standard InChI is InChI=1S/C26H22N4O2S/c1-32-25(31)18-12-14-19(15-13-18)29-17-7-11-22(29)24-23(21-10-5-6-16-27-21)28-26(33)30(24)20-8-3-2-4-9-20/h2-17,23-24H,1H3,(H,28,33)/t23-,24-/m0/s1. The van der Waals surface area contributed by atoms with Crippen LogP contribution in [-0.4, -0.2) is 27.7 Å². The van der Waals surface area contributed by atoms with Crippen LogP contribution in [0, 0.1) is 0 Å². The van der Waals surface area contributed by atoms with Crippen LogP contribution in [0.3, 0.4) is 0 Å². The highest BCUT2D eigenvalue weighted by Gasteiger charge is 2.42. The molecule has 33 heavy (non-hydrogen) atoms. The summed E-state index contributed by atoms with van der Waals surface area (Å²) < 4.78 is 6.95. The summed E-state index contributed by atoms with van der Waals surface area (Å²) in [6, 6.07) is 27.2. The molecule has 4 aromatic rings. The molecule has 6 nitrogen and oxygen atoms in total. The third-order valence-corrected chi connectivity index (χ3v) is 6.10. The van der Waals surface area contributed by atoms with Gasteiger partial charge in [-0.1, -0.05) is 24.3 Å². The predicted molar refractivity (Wildman–Crippen MR) is 131 cm³/mol. The van der Waals surface area contributed by atoms with Crippen LogP contribution in [0.25, 0.3) is 5.69 Å². The minimum Gasteiger partial charge on any atom is -0.465 e. The number of esters is 1. The number of carbonyl (C=O) groups excluding carboxylic acids is 1. The Morgan fingerprint density at radius 1 is 0.939 bits per heavy atom. The Labute approximate surface area is 197 Å². The van der Waals surface area contributed by atoms with E-state index in [1.54, 1.807) is 18.3 Å². The van der Waals surface area contributed by atoms with Crippen molar-refractivity contribution in [2.24, 2.45) is 0 Å². The first-order valence-corrected chi connectivity index (χ1v) is 11.0. The topological polar surface area (TPSA) is 59.4 Å². The second-order valence-electron chi connectivity index (χ2n) is 7.67. The maximum Gasteiger partial charge on any atom is 0.337 e. The van der Waals surface area contributed by atoms with Crippen LogP contribution in [0.1, 0.15) is 33.8 Å². The fourth-order valence-corrected chi connectivity index (χ4v) is 4.61. The van der Waals surface area contributed by atoms with Crippen LogP contribution >= 0.6 is 12.2 Å². The number of carbonyl (C=O) groups is 1.